The Morgan fingerprint density at radius 1 is 1.25 bits per heavy atom. The Morgan fingerprint density at radius 3 is 2.50 bits per heavy atom. The van der Waals surface area contributed by atoms with Crippen molar-refractivity contribution >= 4 is 15.7 Å². The Kier molecular flexibility index (Phi) is 4.09. The zero-order chi connectivity index (χ0) is 15.1. The molecule has 0 amide bonds. The fraction of sp³-hybridized carbons (Fsp3) is 0.571. The topological polar surface area (TPSA) is 66.6 Å². The number of likely N-dealkylation sites (N-methyl/N-ethyl adjacent to an activating group) is 1. The number of benzene rings is 1. The first kappa shape index (κ1) is 15.3. The SMILES string of the molecule is Cc1cc(N)c(C)c(S(=O)(=O)N2CCN(C)CC2C)c1. The average Bonchev–Trinajstić information content (AvgIpc) is 2.33. The van der Waals surface area contributed by atoms with Gasteiger partial charge in [0, 0.05) is 31.4 Å². The summed E-state index contributed by atoms with van der Waals surface area (Å²) in [5.74, 6) is 0. The van der Waals surface area contributed by atoms with E-state index in [2.05, 4.69) is 4.90 Å². The fourth-order valence-electron chi connectivity index (χ4n) is 2.73. The lowest BCUT2D eigenvalue weighted by atomic mass is 10.1. The normalized spacial score (nSPS) is 22.1. The van der Waals surface area contributed by atoms with Crippen LogP contribution in [0, 0.1) is 13.8 Å². The Morgan fingerprint density at radius 2 is 1.90 bits per heavy atom. The van der Waals surface area contributed by atoms with Crippen molar-refractivity contribution in [1.29, 1.82) is 0 Å². The van der Waals surface area contributed by atoms with Gasteiger partial charge in [-0.25, -0.2) is 8.42 Å². The minimum atomic E-state index is -3.48. The summed E-state index contributed by atoms with van der Waals surface area (Å²) in [5, 5.41) is 0. The van der Waals surface area contributed by atoms with Crippen molar-refractivity contribution in [2.45, 2.75) is 31.7 Å². The molecule has 0 radical (unpaired) electrons. The van der Waals surface area contributed by atoms with Crippen LogP contribution in [-0.2, 0) is 10.0 Å². The van der Waals surface area contributed by atoms with Crippen LogP contribution in [-0.4, -0.2) is 50.3 Å². The zero-order valence-corrected chi connectivity index (χ0v) is 13.4. The first-order valence-electron chi connectivity index (χ1n) is 6.80. The van der Waals surface area contributed by atoms with Crippen molar-refractivity contribution in [2.75, 3.05) is 32.4 Å². The molecule has 1 aliphatic rings. The van der Waals surface area contributed by atoms with Gasteiger partial charge in [0.2, 0.25) is 10.0 Å². The predicted molar refractivity (Wildman–Crippen MR) is 81.2 cm³/mol. The molecule has 0 aromatic heterocycles. The van der Waals surface area contributed by atoms with Crippen LogP contribution >= 0.6 is 0 Å². The lowest BCUT2D eigenvalue weighted by molar-refractivity contribution is 0.170. The van der Waals surface area contributed by atoms with E-state index in [0.717, 1.165) is 18.7 Å². The van der Waals surface area contributed by atoms with Gasteiger partial charge in [-0.15, -0.1) is 0 Å². The Labute approximate surface area is 121 Å². The van der Waals surface area contributed by atoms with Gasteiger partial charge in [0.15, 0.2) is 0 Å². The number of hydrogen-bond acceptors (Lipinski definition) is 4. The van der Waals surface area contributed by atoms with Crippen LogP contribution in [0.4, 0.5) is 5.69 Å². The summed E-state index contributed by atoms with van der Waals surface area (Å²) in [6.07, 6.45) is 0. The van der Waals surface area contributed by atoms with E-state index < -0.39 is 10.0 Å². The Balaban J connectivity index is 2.46. The van der Waals surface area contributed by atoms with Crippen molar-refractivity contribution in [3.63, 3.8) is 0 Å². The highest BCUT2D eigenvalue weighted by Gasteiger charge is 2.33. The maximum Gasteiger partial charge on any atom is 0.243 e. The highest BCUT2D eigenvalue weighted by atomic mass is 32.2. The maximum atomic E-state index is 12.9. The second kappa shape index (κ2) is 5.35. The molecule has 2 N–H and O–H groups in total. The van der Waals surface area contributed by atoms with Gasteiger partial charge in [-0.2, -0.15) is 4.31 Å². The second-order valence-corrected chi connectivity index (χ2v) is 7.56. The maximum absolute atomic E-state index is 12.9. The number of sulfonamides is 1. The van der Waals surface area contributed by atoms with E-state index in [0.29, 0.717) is 22.7 Å². The van der Waals surface area contributed by atoms with Crippen molar-refractivity contribution in [3.05, 3.63) is 23.3 Å². The van der Waals surface area contributed by atoms with E-state index in [1.165, 1.54) is 0 Å². The lowest BCUT2D eigenvalue weighted by Crippen LogP contribution is -2.52. The highest BCUT2D eigenvalue weighted by Crippen LogP contribution is 2.28. The van der Waals surface area contributed by atoms with Gasteiger partial charge >= 0.3 is 0 Å². The molecule has 2 rings (SSSR count). The quantitative estimate of drug-likeness (QED) is 0.833. The third-order valence-electron chi connectivity index (χ3n) is 3.90. The molecule has 5 nitrogen and oxygen atoms in total. The van der Waals surface area contributed by atoms with Crippen LogP contribution in [0.2, 0.25) is 0 Å². The van der Waals surface area contributed by atoms with E-state index >= 15 is 0 Å². The van der Waals surface area contributed by atoms with Crippen LogP contribution in [0.25, 0.3) is 0 Å². The first-order chi connectivity index (χ1) is 9.23. The number of aryl methyl sites for hydroxylation is 1. The van der Waals surface area contributed by atoms with Crippen molar-refractivity contribution in [3.8, 4) is 0 Å². The van der Waals surface area contributed by atoms with E-state index in [1.807, 2.05) is 27.0 Å². The third kappa shape index (κ3) is 2.68. The van der Waals surface area contributed by atoms with Gasteiger partial charge < -0.3 is 10.6 Å². The molecule has 6 heteroatoms. The van der Waals surface area contributed by atoms with E-state index in [1.54, 1.807) is 17.3 Å². The Hall–Kier alpha value is -1.11. The van der Waals surface area contributed by atoms with Crippen molar-refractivity contribution in [1.82, 2.24) is 9.21 Å². The van der Waals surface area contributed by atoms with Gasteiger partial charge in [-0.3, -0.25) is 0 Å². The smallest absolute Gasteiger partial charge is 0.243 e. The molecule has 0 aliphatic carbocycles. The largest absolute Gasteiger partial charge is 0.398 e. The minimum absolute atomic E-state index is 0.0279. The predicted octanol–water partition coefficient (Wildman–Crippen LogP) is 1.21. The number of nitrogens with two attached hydrogens (primary N) is 1. The number of hydrogen-bond donors (Lipinski definition) is 1. The van der Waals surface area contributed by atoms with Crippen LogP contribution in [0.15, 0.2) is 17.0 Å². The van der Waals surface area contributed by atoms with E-state index in [4.69, 9.17) is 5.73 Å². The van der Waals surface area contributed by atoms with Gasteiger partial charge in [0.05, 0.1) is 4.90 Å². The summed E-state index contributed by atoms with van der Waals surface area (Å²) >= 11 is 0. The van der Waals surface area contributed by atoms with Crippen LogP contribution in [0.5, 0.6) is 0 Å². The molecule has 1 saturated heterocycles. The van der Waals surface area contributed by atoms with E-state index in [9.17, 15) is 8.42 Å². The summed E-state index contributed by atoms with van der Waals surface area (Å²) in [4.78, 5) is 2.49. The van der Waals surface area contributed by atoms with Gasteiger partial charge in [0.1, 0.15) is 0 Å². The van der Waals surface area contributed by atoms with Gasteiger partial charge in [-0.1, -0.05) is 0 Å². The third-order valence-corrected chi connectivity index (χ3v) is 6.04. The number of rotatable bonds is 2. The van der Waals surface area contributed by atoms with Crippen LogP contribution < -0.4 is 5.73 Å². The highest BCUT2D eigenvalue weighted by molar-refractivity contribution is 7.89. The molecular weight excluding hydrogens is 274 g/mol. The molecule has 0 saturated carbocycles. The molecule has 1 heterocycles. The molecule has 1 unspecified atom stereocenters. The Bertz CT molecular complexity index is 613. The molecule has 20 heavy (non-hydrogen) atoms. The first-order valence-corrected chi connectivity index (χ1v) is 8.24. The number of nitrogen functional groups attached to an aromatic ring is 1. The fourth-order valence-corrected chi connectivity index (χ4v) is 4.68. The van der Waals surface area contributed by atoms with Gasteiger partial charge in [-0.05, 0) is 51.1 Å². The molecule has 1 fully saturated rings. The van der Waals surface area contributed by atoms with Crippen LogP contribution in [0.3, 0.4) is 0 Å². The molecular formula is C14H23N3O2S. The number of piperazine rings is 1. The molecule has 0 spiro atoms. The molecule has 1 atom stereocenters. The van der Waals surface area contributed by atoms with Gasteiger partial charge in [0.25, 0.3) is 0 Å². The molecule has 1 aromatic carbocycles. The molecule has 0 bridgehead atoms. The van der Waals surface area contributed by atoms with Crippen LogP contribution in [0.1, 0.15) is 18.1 Å². The standard InChI is InChI=1S/C14H23N3O2S/c1-10-7-13(15)12(3)14(8-10)20(18,19)17-6-5-16(4)9-11(17)2/h7-8,11H,5-6,9,15H2,1-4H3. The zero-order valence-electron chi connectivity index (χ0n) is 12.5. The monoisotopic (exact) mass is 297 g/mol. The molecule has 1 aliphatic heterocycles. The summed E-state index contributed by atoms with van der Waals surface area (Å²) in [6, 6.07) is 3.49. The van der Waals surface area contributed by atoms with E-state index in [-0.39, 0.29) is 6.04 Å². The lowest BCUT2D eigenvalue weighted by Gasteiger charge is -2.37. The summed E-state index contributed by atoms with van der Waals surface area (Å²) in [7, 11) is -1.47. The average molecular weight is 297 g/mol. The summed E-state index contributed by atoms with van der Waals surface area (Å²) in [6.45, 7) is 7.60. The number of nitrogens with zero attached hydrogens (tertiary/aromatic N) is 2. The summed E-state index contributed by atoms with van der Waals surface area (Å²) in [5.41, 5.74) is 7.96. The summed E-state index contributed by atoms with van der Waals surface area (Å²) < 4.78 is 27.4. The number of anilines is 1. The minimum Gasteiger partial charge on any atom is -0.398 e. The van der Waals surface area contributed by atoms with Crippen molar-refractivity contribution < 1.29 is 8.42 Å². The molecule has 1 aromatic rings. The second-order valence-electron chi connectivity index (χ2n) is 5.70. The van der Waals surface area contributed by atoms with Crippen molar-refractivity contribution in [2.24, 2.45) is 0 Å². The molecule has 112 valence electrons.